The largest absolute Gasteiger partial charge is 0.381 e. The fraction of sp³-hybridized carbons (Fsp3) is 0.900. The maximum Gasteiger partial charge on any atom is 0.133 e. The Labute approximate surface area is 73.3 Å². The van der Waals surface area contributed by atoms with Crippen LogP contribution in [0.2, 0.25) is 0 Å². The lowest BCUT2D eigenvalue weighted by molar-refractivity contribution is -0.122. The predicted octanol–water partition coefficient (Wildman–Crippen LogP) is 1.78. The second-order valence-corrected chi connectivity index (χ2v) is 4.02. The molecule has 1 saturated carbocycles. The van der Waals surface area contributed by atoms with Crippen LogP contribution >= 0.6 is 0 Å². The first-order valence-corrected chi connectivity index (χ1v) is 4.95. The normalized spacial score (nSPS) is 37.2. The van der Waals surface area contributed by atoms with E-state index in [-0.39, 0.29) is 0 Å². The molecule has 12 heavy (non-hydrogen) atoms. The van der Waals surface area contributed by atoms with Gasteiger partial charge in [0, 0.05) is 26.1 Å². The second-order valence-electron chi connectivity index (χ2n) is 4.02. The smallest absolute Gasteiger partial charge is 0.133 e. The molecule has 2 aliphatic rings. The van der Waals surface area contributed by atoms with Crippen LogP contribution in [0.25, 0.3) is 0 Å². The molecule has 1 aliphatic heterocycles. The van der Waals surface area contributed by atoms with Gasteiger partial charge >= 0.3 is 0 Å². The first-order valence-electron chi connectivity index (χ1n) is 4.95. The summed E-state index contributed by atoms with van der Waals surface area (Å²) in [5, 5.41) is 0. The standard InChI is InChI=1S/C10H16O2/c11-10-3-1-2-8(6-10)9-4-5-12-7-9/h8-9H,1-7H2/t8-,9+/m1/s1. The van der Waals surface area contributed by atoms with Crippen LogP contribution in [0.3, 0.4) is 0 Å². The minimum absolute atomic E-state index is 0.471. The number of hydrogen-bond acceptors (Lipinski definition) is 2. The van der Waals surface area contributed by atoms with E-state index in [1.165, 1.54) is 12.8 Å². The van der Waals surface area contributed by atoms with E-state index >= 15 is 0 Å². The number of hydrogen-bond donors (Lipinski definition) is 0. The molecule has 68 valence electrons. The van der Waals surface area contributed by atoms with E-state index < -0.39 is 0 Å². The topological polar surface area (TPSA) is 26.3 Å². The zero-order valence-corrected chi connectivity index (χ0v) is 7.42. The van der Waals surface area contributed by atoms with Gasteiger partial charge in [-0.15, -0.1) is 0 Å². The predicted molar refractivity (Wildman–Crippen MR) is 45.9 cm³/mol. The summed E-state index contributed by atoms with van der Waals surface area (Å²) < 4.78 is 5.33. The zero-order valence-electron chi connectivity index (χ0n) is 7.42. The van der Waals surface area contributed by atoms with E-state index in [0.29, 0.717) is 17.6 Å². The van der Waals surface area contributed by atoms with Gasteiger partial charge in [-0.3, -0.25) is 4.79 Å². The molecule has 0 unspecified atom stereocenters. The van der Waals surface area contributed by atoms with Gasteiger partial charge in [-0.05, 0) is 31.1 Å². The van der Waals surface area contributed by atoms with E-state index in [2.05, 4.69) is 0 Å². The molecule has 0 spiro atoms. The van der Waals surface area contributed by atoms with E-state index in [9.17, 15) is 4.79 Å². The van der Waals surface area contributed by atoms with Gasteiger partial charge in [0.1, 0.15) is 5.78 Å². The van der Waals surface area contributed by atoms with Crippen LogP contribution in [0, 0.1) is 11.8 Å². The third-order valence-electron chi connectivity index (χ3n) is 3.15. The highest BCUT2D eigenvalue weighted by Crippen LogP contribution is 2.32. The third-order valence-corrected chi connectivity index (χ3v) is 3.15. The lowest BCUT2D eigenvalue weighted by Crippen LogP contribution is -2.22. The zero-order chi connectivity index (χ0) is 8.39. The highest BCUT2D eigenvalue weighted by Gasteiger charge is 2.29. The van der Waals surface area contributed by atoms with E-state index in [4.69, 9.17) is 4.74 Å². The van der Waals surface area contributed by atoms with Crippen molar-refractivity contribution in [2.75, 3.05) is 13.2 Å². The molecule has 0 radical (unpaired) electrons. The van der Waals surface area contributed by atoms with Crippen molar-refractivity contribution in [1.82, 2.24) is 0 Å². The summed E-state index contributed by atoms with van der Waals surface area (Å²) in [5.41, 5.74) is 0. The molecule has 1 saturated heterocycles. The van der Waals surface area contributed by atoms with Crippen molar-refractivity contribution < 1.29 is 9.53 Å². The molecule has 0 N–H and O–H groups in total. The van der Waals surface area contributed by atoms with Crippen LogP contribution in [-0.2, 0) is 9.53 Å². The fourth-order valence-corrected chi connectivity index (χ4v) is 2.38. The SMILES string of the molecule is O=C1CCC[C@@H]([C@H]2CCOC2)C1. The second kappa shape index (κ2) is 3.56. The first-order chi connectivity index (χ1) is 5.86. The molecule has 1 heterocycles. The highest BCUT2D eigenvalue weighted by atomic mass is 16.5. The molecule has 0 bridgehead atoms. The van der Waals surface area contributed by atoms with Crippen LogP contribution in [0.1, 0.15) is 32.1 Å². The molecule has 0 amide bonds. The van der Waals surface area contributed by atoms with Gasteiger partial charge in [-0.25, -0.2) is 0 Å². The molecule has 0 aromatic rings. The van der Waals surface area contributed by atoms with Crippen molar-refractivity contribution in [2.45, 2.75) is 32.1 Å². The number of ketones is 1. The number of ether oxygens (including phenoxy) is 1. The quantitative estimate of drug-likeness (QED) is 0.596. The highest BCUT2D eigenvalue weighted by molar-refractivity contribution is 5.79. The van der Waals surface area contributed by atoms with Gasteiger partial charge in [0.15, 0.2) is 0 Å². The summed E-state index contributed by atoms with van der Waals surface area (Å²) in [4.78, 5) is 11.2. The maximum absolute atomic E-state index is 11.2. The van der Waals surface area contributed by atoms with Crippen LogP contribution < -0.4 is 0 Å². The lowest BCUT2D eigenvalue weighted by atomic mass is 9.79. The van der Waals surface area contributed by atoms with E-state index in [1.807, 2.05) is 0 Å². The number of rotatable bonds is 1. The Bertz CT molecular complexity index is 171. The van der Waals surface area contributed by atoms with Crippen LogP contribution in [-0.4, -0.2) is 19.0 Å². The number of carbonyl (C=O) groups excluding carboxylic acids is 1. The summed E-state index contributed by atoms with van der Waals surface area (Å²) in [6, 6.07) is 0. The Morgan fingerprint density at radius 3 is 2.83 bits per heavy atom. The van der Waals surface area contributed by atoms with Crippen molar-refractivity contribution in [1.29, 1.82) is 0 Å². The van der Waals surface area contributed by atoms with Crippen molar-refractivity contribution in [3.63, 3.8) is 0 Å². The van der Waals surface area contributed by atoms with Gasteiger partial charge in [0.25, 0.3) is 0 Å². The molecule has 0 aromatic carbocycles. The van der Waals surface area contributed by atoms with Crippen LogP contribution in [0.4, 0.5) is 0 Å². The molecule has 2 fully saturated rings. The van der Waals surface area contributed by atoms with Crippen molar-refractivity contribution in [3.05, 3.63) is 0 Å². The van der Waals surface area contributed by atoms with Gasteiger partial charge in [0.2, 0.25) is 0 Å². The molecular weight excluding hydrogens is 152 g/mol. The average molecular weight is 168 g/mol. The lowest BCUT2D eigenvalue weighted by Gasteiger charge is -2.25. The Kier molecular flexibility index (Phi) is 2.45. The Balaban J connectivity index is 1.89. The van der Waals surface area contributed by atoms with E-state index in [0.717, 1.165) is 32.5 Å². The summed E-state index contributed by atoms with van der Waals surface area (Å²) in [6.07, 6.45) is 5.19. The summed E-state index contributed by atoms with van der Waals surface area (Å²) in [5.74, 6) is 1.81. The Morgan fingerprint density at radius 2 is 2.17 bits per heavy atom. The van der Waals surface area contributed by atoms with Crippen LogP contribution in [0.5, 0.6) is 0 Å². The van der Waals surface area contributed by atoms with Crippen LogP contribution in [0.15, 0.2) is 0 Å². The minimum atomic E-state index is 0.471. The Morgan fingerprint density at radius 1 is 1.25 bits per heavy atom. The average Bonchev–Trinajstić information content (AvgIpc) is 2.56. The molecule has 1 aliphatic carbocycles. The summed E-state index contributed by atoms with van der Waals surface area (Å²) in [7, 11) is 0. The molecule has 2 atom stereocenters. The third kappa shape index (κ3) is 1.69. The summed E-state index contributed by atoms with van der Waals surface area (Å²) in [6.45, 7) is 1.81. The monoisotopic (exact) mass is 168 g/mol. The fourth-order valence-electron chi connectivity index (χ4n) is 2.38. The van der Waals surface area contributed by atoms with Gasteiger partial charge in [-0.2, -0.15) is 0 Å². The molecule has 2 heteroatoms. The molecular formula is C10H16O2. The van der Waals surface area contributed by atoms with E-state index in [1.54, 1.807) is 0 Å². The van der Waals surface area contributed by atoms with Crippen molar-refractivity contribution in [3.8, 4) is 0 Å². The van der Waals surface area contributed by atoms with Gasteiger partial charge in [0.05, 0.1) is 0 Å². The van der Waals surface area contributed by atoms with Crippen molar-refractivity contribution in [2.24, 2.45) is 11.8 Å². The number of Topliss-reactive ketones (excluding diaryl/α,β-unsaturated/α-hetero) is 1. The van der Waals surface area contributed by atoms with Crippen molar-refractivity contribution >= 4 is 5.78 Å². The Hall–Kier alpha value is -0.370. The number of carbonyl (C=O) groups is 1. The maximum atomic E-state index is 11.2. The first kappa shape index (κ1) is 8.24. The van der Waals surface area contributed by atoms with Gasteiger partial charge in [-0.1, -0.05) is 0 Å². The van der Waals surface area contributed by atoms with Gasteiger partial charge < -0.3 is 4.74 Å². The molecule has 2 rings (SSSR count). The minimum Gasteiger partial charge on any atom is -0.381 e. The molecule has 2 nitrogen and oxygen atoms in total. The summed E-state index contributed by atoms with van der Waals surface area (Å²) >= 11 is 0. The molecule has 0 aromatic heterocycles.